The Kier molecular flexibility index (Phi) is 8.55. The van der Waals surface area contributed by atoms with Gasteiger partial charge in [0.1, 0.15) is 5.82 Å². The first kappa shape index (κ1) is 25.1. The number of anilines is 3. The predicted molar refractivity (Wildman–Crippen MR) is 132 cm³/mol. The summed E-state index contributed by atoms with van der Waals surface area (Å²) >= 11 is 1.55. The van der Waals surface area contributed by atoms with E-state index in [1.807, 2.05) is 17.5 Å². The highest BCUT2D eigenvalue weighted by Crippen LogP contribution is 2.31. The minimum atomic E-state index is -2.93. The molecule has 0 radical (unpaired) electrons. The van der Waals surface area contributed by atoms with E-state index in [-0.39, 0.29) is 19.0 Å². The molecule has 2 aromatic heterocycles. The average molecular weight is 504 g/mol. The van der Waals surface area contributed by atoms with E-state index in [1.165, 1.54) is 13.4 Å². The third-order valence-electron chi connectivity index (χ3n) is 4.49. The number of carbonyl (C=O) groups is 2. The van der Waals surface area contributed by atoms with E-state index in [0.29, 0.717) is 28.9 Å². The van der Waals surface area contributed by atoms with Gasteiger partial charge in [-0.05, 0) is 42.6 Å². The highest BCUT2D eigenvalue weighted by Gasteiger charge is 2.13. The number of aromatic nitrogens is 2. The summed E-state index contributed by atoms with van der Waals surface area (Å²) in [6.07, 6.45) is 2.42. The van der Waals surface area contributed by atoms with Crippen molar-refractivity contribution in [1.82, 2.24) is 9.97 Å². The predicted octanol–water partition coefficient (Wildman–Crippen LogP) is 4.54. The molecule has 2 heterocycles. The van der Waals surface area contributed by atoms with Crippen LogP contribution in [0.2, 0.25) is 0 Å². The molecule has 0 aliphatic heterocycles. The van der Waals surface area contributed by atoms with E-state index >= 15 is 0 Å². The van der Waals surface area contributed by atoms with Crippen molar-refractivity contribution in [1.29, 1.82) is 0 Å². The summed E-state index contributed by atoms with van der Waals surface area (Å²) in [5.41, 5.74) is 1.46. The maximum Gasteiger partial charge on any atom is 0.442 e. The fourth-order valence-electron chi connectivity index (χ4n) is 2.84. The Morgan fingerprint density at radius 1 is 1.21 bits per heavy atom. The maximum absolute atomic E-state index is 12.8. The Morgan fingerprint density at radius 2 is 1.97 bits per heavy atom. The van der Waals surface area contributed by atoms with Crippen LogP contribution in [-0.4, -0.2) is 52.8 Å². The molecule has 34 heavy (non-hydrogen) atoms. The Morgan fingerprint density at radius 3 is 2.62 bits per heavy atom. The molecule has 0 spiro atoms. The summed E-state index contributed by atoms with van der Waals surface area (Å²) in [6, 6.07) is 10.5. The van der Waals surface area contributed by atoms with Gasteiger partial charge < -0.3 is 20.1 Å². The highest BCUT2D eigenvalue weighted by molar-refractivity contribution is 7.93. The Labute approximate surface area is 201 Å². The van der Waals surface area contributed by atoms with Gasteiger partial charge in [-0.1, -0.05) is 6.07 Å². The van der Waals surface area contributed by atoms with Crippen molar-refractivity contribution in [2.24, 2.45) is 4.36 Å². The smallest absolute Gasteiger partial charge is 0.442 e. The van der Waals surface area contributed by atoms with Crippen LogP contribution in [0.4, 0.5) is 22.2 Å². The van der Waals surface area contributed by atoms with E-state index in [1.54, 1.807) is 48.7 Å². The van der Waals surface area contributed by atoms with Crippen LogP contribution in [0, 0.1) is 0 Å². The molecule has 1 amide bonds. The van der Waals surface area contributed by atoms with E-state index in [0.717, 1.165) is 10.4 Å². The molecule has 1 unspecified atom stereocenters. The van der Waals surface area contributed by atoms with Gasteiger partial charge in [-0.2, -0.15) is 4.98 Å². The molecular weight excluding hydrogens is 478 g/mol. The second-order valence-corrected chi connectivity index (χ2v) is 10.1. The van der Waals surface area contributed by atoms with E-state index in [4.69, 9.17) is 4.74 Å². The number of nitrogens with zero attached hydrogens (tertiary/aromatic N) is 3. The van der Waals surface area contributed by atoms with Crippen molar-refractivity contribution < 1.29 is 23.3 Å². The number of esters is 1. The lowest BCUT2D eigenvalue weighted by atomic mass is 10.2. The first-order chi connectivity index (χ1) is 16.3. The standard InChI is InChI=1S/C22H25N5O5S2/c1-4-32-22(29)27-34(3,30)16-9-7-15(8-10-16)25-21-24-14-17(18-6-5-13-33-18)20(26-21)23-12-11-19(28)31-2/h5-10,13-14H,4,11-12H2,1-3H3,(H2,23,24,25,26). The van der Waals surface area contributed by atoms with Crippen molar-refractivity contribution in [3.05, 3.63) is 48.0 Å². The average Bonchev–Trinajstić information content (AvgIpc) is 3.34. The molecule has 12 heteroatoms. The number of benzene rings is 1. The number of carbonyl (C=O) groups excluding carboxylic acids is 2. The van der Waals surface area contributed by atoms with Crippen LogP contribution in [0.3, 0.4) is 0 Å². The third kappa shape index (κ3) is 6.75. The fraction of sp³-hybridized carbons (Fsp3) is 0.273. The summed E-state index contributed by atoms with van der Waals surface area (Å²) in [5, 5.41) is 8.23. The topological polar surface area (TPSA) is 132 Å². The van der Waals surface area contributed by atoms with Gasteiger partial charge in [0.25, 0.3) is 0 Å². The summed E-state index contributed by atoms with van der Waals surface area (Å²) in [5.74, 6) is 0.590. The van der Waals surface area contributed by atoms with Crippen molar-refractivity contribution in [2.75, 3.05) is 37.2 Å². The third-order valence-corrected chi connectivity index (χ3v) is 7.04. The number of methoxy groups -OCH3 is 1. The monoisotopic (exact) mass is 503 g/mol. The number of ether oxygens (including phenoxy) is 2. The molecule has 1 atom stereocenters. The van der Waals surface area contributed by atoms with Crippen molar-refractivity contribution in [3.8, 4) is 10.4 Å². The highest BCUT2D eigenvalue weighted by atomic mass is 32.2. The van der Waals surface area contributed by atoms with Crippen molar-refractivity contribution in [2.45, 2.75) is 18.2 Å². The minimum absolute atomic E-state index is 0.158. The van der Waals surface area contributed by atoms with Gasteiger partial charge in [0, 0.05) is 34.5 Å². The van der Waals surface area contributed by atoms with Gasteiger partial charge in [-0.25, -0.2) is 14.0 Å². The van der Waals surface area contributed by atoms with Gasteiger partial charge in [0.05, 0.1) is 35.4 Å². The van der Waals surface area contributed by atoms with Gasteiger partial charge in [-0.15, -0.1) is 15.7 Å². The quantitative estimate of drug-likeness (QED) is 0.404. The summed E-state index contributed by atoms with van der Waals surface area (Å²) < 4.78 is 25.8. The molecule has 0 saturated heterocycles. The molecule has 0 saturated carbocycles. The number of hydrogen-bond acceptors (Lipinski definition) is 10. The second kappa shape index (κ2) is 11.6. The Hall–Kier alpha value is -3.51. The first-order valence-electron chi connectivity index (χ1n) is 10.3. The van der Waals surface area contributed by atoms with Crippen molar-refractivity contribution >= 4 is 50.6 Å². The largest absolute Gasteiger partial charge is 0.469 e. The van der Waals surface area contributed by atoms with Crippen LogP contribution in [0.1, 0.15) is 13.3 Å². The fourth-order valence-corrected chi connectivity index (χ4v) is 4.66. The van der Waals surface area contributed by atoms with Crippen LogP contribution >= 0.6 is 11.3 Å². The number of nitrogens with one attached hydrogen (secondary N) is 2. The van der Waals surface area contributed by atoms with Crippen LogP contribution in [0.25, 0.3) is 10.4 Å². The van der Waals surface area contributed by atoms with E-state index in [2.05, 4.69) is 29.7 Å². The molecule has 3 rings (SSSR count). The molecule has 1 aromatic carbocycles. The number of amides is 1. The lowest BCUT2D eigenvalue weighted by molar-refractivity contribution is -0.140. The van der Waals surface area contributed by atoms with Gasteiger partial charge in [0.2, 0.25) is 5.95 Å². The zero-order valence-corrected chi connectivity index (χ0v) is 20.6. The van der Waals surface area contributed by atoms with Crippen LogP contribution in [0.5, 0.6) is 0 Å². The Balaban J connectivity index is 1.79. The normalized spacial score (nSPS) is 12.3. The molecule has 0 bridgehead atoms. The SMILES string of the molecule is CCOC(=O)N=S(C)(=O)c1ccc(Nc2ncc(-c3cccs3)c(NCCC(=O)OC)n2)cc1. The number of rotatable bonds is 9. The summed E-state index contributed by atoms with van der Waals surface area (Å²) in [4.78, 5) is 33.4. The first-order valence-corrected chi connectivity index (χ1v) is 13.1. The van der Waals surface area contributed by atoms with Gasteiger partial charge in [0.15, 0.2) is 0 Å². The molecule has 2 N–H and O–H groups in total. The lowest BCUT2D eigenvalue weighted by Gasteiger charge is -2.12. The zero-order chi connectivity index (χ0) is 24.6. The summed E-state index contributed by atoms with van der Waals surface area (Å²) in [7, 11) is -1.59. The van der Waals surface area contributed by atoms with E-state index in [9.17, 15) is 13.8 Å². The van der Waals surface area contributed by atoms with Gasteiger partial charge >= 0.3 is 12.1 Å². The Bertz CT molecular complexity index is 1250. The molecule has 0 fully saturated rings. The van der Waals surface area contributed by atoms with Crippen LogP contribution in [0.15, 0.2) is 57.2 Å². The van der Waals surface area contributed by atoms with Crippen LogP contribution < -0.4 is 10.6 Å². The minimum Gasteiger partial charge on any atom is -0.469 e. The van der Waals surface area contributed by atoms with Crippen molar-refractivity contribution in [3.63, 3.8) is 0 Å². The molecule has 3 aromatic rings. The molecular formula is C22H25N5O5S2. The number of hydrogen-bond donors (Lipinski definition) is 2. The number of thiophene rings is 1. The maximum atomic E-state index is 12.8. The summed E-state index contributed by atoms with van der Waals surface area (Å²) in [6.45, 7) is 2.16. The van der Waals surface area contributed by atoms with Gasteiger partial charge in [-0.3, -0.25) is 4.79 Å². The molecule has 180 valence electrons. The second-order valence-electron chi connectivity index (χ2n) is 6.93. The molecule has 0 aliphatic rings. The zero-order valence-electron chi connectivity index (χ0n) is 18.9. The molecule has 0 aliphatic carbocycles. The van der Waals surface area contributed by atoms with E-state index < -0.39 is 15.8 Å². The van der Waals surface area contributed by atoms with Crippen LogP contribution in [-0.2, 0) is 24.0 Å². The lowest BCUT2D eigenvalue weighted by Crippen LogP contribution is -2.12. The molecule has 10 nitrogen and oxygen atoms in total.